The molecule has 0 bridgehead atoms. The Morgan fingerprint density at radius 3 is 2.83 bits per heavy atom. The van der Waals surface area contributed by atoms with E-state index in [1.807, 2.05) is 7.11 Å². The molecule has 0 unspecified atom stereocenters. The number of methoxy groups -OCH3 is 1. The fourth-order valence-corrected chi connectivity index (χ4v) is 4.52. The zero-order chi connectivity index (χ0) is 15.6. The van der Waals surface area contributed by atoms with Gasteiger partial charge in [0.15, 0.2) is 0 Å². The van der Waals surface area contributed by atoms with Gasteiger partial charge in [-0.25, -0.2) is 0 Å². The fourth-order valence-electron chi connectivity index (χ4n) is 4.52. The molecule has 2 atom stereocenters. The second-order valence-corrected chi connectivity index (χ2v) is 7.42. The molecule has 2 aliphatic heterocycles. The van der Waals surface area contributed by atoms with E-state index in [-0.39, 0.29) is 0 Å². The molecule has 1 aromatic rings. The molecule has 3 aliphatic rings. The molecule has 0 spiro atoms. The zero-order valence-corrected chi connectivity index (χ0v) is 14.3. The van der Waals surface area contributed by atoms with Crippen molar-refractivity contribution in [1.82, 2.24) is 15.0 Å². The highest BCUT2D eigenvalue weighted by Crippen LogP contribution is 2.28. The monoisotopic (exact) mass is 319 g/mol. The number of fused-ring (bicyclic) bond motifs is 1. The van der Waals surface area contributed by atoms with E-state index < -0.39 is 0 Å². The van der Waals surface area contributed by atoms with Crippen LogP contribution in [0.15, 0.2) is 4.52 Å². The number of likely N-dealkylation sites (tertiary alicyclic amines) is 2. The Labute approximate surface area is 138 Å². The molecular weight excluding hydrogens is 290 g/mol. The third-order valence-corrected chi connectivity index (χ3v) is 5.87. The Kier molecular flexibility index (Phi) is 4.69. The van der Waals surface area contributed by atoms with Crippen LogP contribution in [0, 0.1) is 0 Å². The minimum absolute atomic E-state index is 0.366. The van der Waals surface area contributed by atoms with Gasteiger partial charge in [-0.2, -0.15) is 0 Å². The molecule has 0 N–H and O–H groups in total. The summed E-state index contributed by atoms with van der Waals surface area (Å²) >= 11 is 0. The normalized spacial score (nSPS) is 29.3. The summed E-state index contributed by atoms with van der Waals surface area (Å²) in [6, 6.07) is 0.592. The molecule has 5 nitrogen and oxygen atoms in total. The first-order chi connectivity index (χ1) is 11.3. The third kappa shape index (κ3) is 3.32. The Balaban J connectivity index is 1.45. The average Bonchev–Trinajstić information content (AvgIpc) is 3.30. The van der Waals surface area contributed by atoms with E-state index in [4.69, 9.17) is 9.26 Å². The Morgan fingerprint density at radius 2 is 2.00 bits per heavy atom. The van der Waals surface area contributed by atoms with E-state index in [2.05, 4.69) is 15.0 Å². The van der Waals surface area contributed by atoms with Crippen LogP contribution in [-0.2, 0) is 24.1 Å². The van der Waals surface area contributed by atoms with Gasteiger partial charge in [0.2, 0.25) is 0 Å². The SMILES string of the molecule is CO[C@H]1C[C@@H](CN2CCCC2)N(Cc2noc3c2CCCC3)C1. The highest BCUT2D eigenvalue weighted by Gasteiger charge is 2.35. The molecule has 1 aliphatic carbocycles. The molecule has 128 valence electrons. The number of rotatable bonds is 5. The first-order valence-electron chi connectivity index (χ1n) is 9.29. The maximum absolute atomic E-state index is 5.66. The van der Waals surface area contributed by atoms with Gasteiger partial charge >= 0.3 is 0 Å². The third-order valence-electron chi connectivity index (χ3n) is 5.87. The van der Waals surface area contributed by atoms with Gasteiger partial charge in [0.25, 0.3) is 0 Å². The van der Waals surface area contributed by atoms with E-state index >= 15 is 0 Å². The smallest absolute Gasteiger partial charge is 0.140 e. The standard InChI is InChI=1S/C18H29N3O2/c1-22-15-10-14(11-20-8-4-5-9-20)21(12-15)13-17-16-6-2-3-7-18(16)23-19-17/h14-15H,2-13H2,1H3/t14-,15-/m0/s1. The molecule has 0 amide bonds. The Morgan fingerprint density at radius 1 is 1.17 bits per heavy atom. The molecule has 2 saturated heterocycles. The van der Waals surface area contributed by atoms with Crippen molar-refractivity contribution in [3.63, 3.8) is 0 Å². The zero-order valence-electron chi connectivity index (χ0n) is 14.3. The molecule has 23 heavy (non-hydrogen) atoms. The highest BCUT2D eigenvalue weighted by atomic mass is 16.5. The van der Waals surface area contributed by atoms with Crippen LogP contribution in [0.5, 0.6) is 0 Å². The van der Waals surface area contributed by atoms with Crippen molar-refractivity contribution in [2.24, 2.45) is 0 Å². The van der Waals surface area contributed by atoms with Crippen molar-refractivity contribution >= 4 is 0 Å². The van der Waals surface area contributed by atoms with Crippen molar-refractivity contribution in [2.45, 2.75) is 63.6 Å². The van der Waals surface area contributed by atoms with Crippen LogP contribution in [0.1, 0.15) is 49.1 Å². The summed E-state index contributed by atoms with van der Waals surface area (Å²) in [6.45, 7) is 5.66. The van der Waals surface area contributed by atoms with Gasteiger partial charge < -0.3 is 14.2 Å². The molecule has 1 aromatic heterocycles. The van der Waals surface area contributed by atoms with E-state index in [9.17, 15) is 0 Å². The van der Waals surface area contributed by atoms with Crippen LogP contribution >= 0.6 is 0 Å². The first-order valence-corrected chi connectivity index (χ1v) is 9.29. The minimum Gasteiger partial charge on any atom is -0.380 e. The van der Waals surface area contributed by atoms with Gasteiger partial charge in [-0.3, -0.25) is 4.90 Å². The largest absolute Gasteiger partial charge is 0.380 e. The van der Waals surface area contributed by atoms with Crippen molar-refractivity contribution in [1.29, 1.82) is 0 Å². The summed E-state index contributed by atoms with van der Waals surface area (Å²) in [4.78, 5) is 5.20. The van der Waals surface area contributed by atoms with E-state index in [1.165, 1.54) is 56.6 Å². The highest BCUT2D eigenvalue weighted by molar-refractivity contribution is 5.25. The topological polar surface area (TPSA) is 41.7 Å². The lowest BCUT2D eigenvalue weighted by molar-refractivity contribution is 0.107. The van der Waals surface area contributed by atoms with Crippen molar-refractivity contribution < 1.29 is 9.26 Å². The summed E-state index contributed by atoms with van der Waals surface area (Å²) in [5, 5.41) is 4.41. The summed E-state index contributed by atoms with van der Waals surface area (Å²) < 4.78 is 11.3. The molecule has 5 heteroatoms. The van der Waals surface area contributed by atoms with E-state index in [1.54, 1.807) is 0 Å². The van der Waals surface area contributed by atoms with Crippen LogP contribution in [0.2, 0.25) is 0 Å². The second-order valence-electron chi connectivity index (χ2n) is 7.42. The van der Waals surface area contributed by atoms with Crippen molar-refractivity contribution in [3.8, 4) is 0 Å². The average molecular weight is 319 g/mol. The summed E-state index contributed by atoms with van der Waals surface area (Å²) in [7, 11) is 1.85. The number of nitrogens with zero attached hydrogens (tertiary/aromatic N) is 3. The van der Waals surface area contributed by atoms with Gasteiger partial charge in [-0.15, -0.1) is 0 Å². The maximum Gasteiger partial charge on any atom is 0.140 e. The van der Waals surface area contributed by atoms with E-state index in [0.717, 1.165) is 38.1 Å². The van der Waals surface area contributed by atoms with Crippen molar-refractivity contribution in [2.75, 3.05) is 33.3 Å². The summed E-state index contributed by atoms with van der Waals surface area (Å²) in [5.41, 5.74) is 2.58. The van der Waals surface area contributed by atoms with Gasteiger partial charge in [0, 0.05) is 44.8 Å². The maximum atomic E-state index is 5.66. The molecule has 3 heterocycles. The van der Waals surface area contributed by atoms with E-state index in [0.29, 0.717) is 12.1 Å². The number of hydrogen-bond donors (Lipinski definition) is 0. The molecule has 0 saturated carbocycles. The van der Waals surface area contributed by atoms with Crippen LogP contribution < -0.4 is 0 Å². The number of aromatic nitrogens is 1. The lowest BCUT2D eigenvalue weighted by Gasteiger charge is -2.27. The van der Waals surface area contributed by atoms with Gasteiger partial charge in [0.1, 0.15) is 11.5 Å². The molecular formula is C18H29N3O2. The molecule has 4 rings (SSSR count). The predicted molar refractivity (Wildman–Crippen MR) is 88.4 cm³/mol. The number of hydrogen-bond acceptors (Lipinski definition) is 5. The predicted octanol–water partition coefficient (Wildman–Crippen LogP) is 2.24. The second kappa shape index (κ2) is 6.91. The van der Waals surface area contributed by atoms with Crippen LogP contribution in [0.3, 0.4) is 0 Å². The van der Waals surface area contributed by atoms with Crippen molar-refractivity contribution in [3.05, 3.63) is 17.0 Å². The van der Waals surface area contributed by atoms with Crippen LogP contribution in [0.4, 0.5) is 0 Å². The fraction of sp³-hybridized carbons (Fsp3) is 0.833. The van der Waals surface area contributed by atoms with Gasteiger partial charge in [0.05, 0.1) is 6.10 Å². The lowest BCUT2D eigenvalue weighted by atomic mass is 9.96. The Hall–Kier alpha value is -0.910. The van der Waals surface area contributed by atoms with Gasteiger partial charge in [-0.1, -0.05) is 5.16 Å². The molecule has 2 fully saturated rings. The Bertz CT molecular complexity index is 524. The quantitative estimate of drug-likeness (QED) is 0.832. The minimum atomic E-state index is 0.366. The molecule has 0 aromatic carbocycles. The van der Waals surface area contributed by atoms with Crippen LogP contribution in [-0.4, -0.2) is 60.4 Å². The summed E-state index contributed by atoms with van der Waals surface area (Å²) in [5.74, 6) is 1.14. The van der Waals surface area contributed by atoms with Crippen LogP contribution in [0.25, 0.3) is 0 Å². The van der Waals surface area contributed by atoms with Gasteiger partial charge in [-0.05, 0) is 51.6 Å². The number of ether oxygens (including phenoxy) is 1. The lowest BCUT2D eigenvalue weighted by Crippen LogP contribution is -2.39. The molecule has 0 radical (unpaired) electrons. The number of aryl methyl sites for hydroxylation is 1. The first kappa shape index (κ1) is 15.6. The summed E-state index contributed by atoms with van der Waals surface area (Å²) in [6.07, 6.45) is 8.97.